The minimum absolute atomic E-state index is 0.0326. The summed E-state index contributed by atoms with van der Waals surface area (Å²) in [6.45, 7) is 8.79. The minimum Gasteiger partial charge on any atom is -0.372 e. The van der Waals surface area contributed by atoms with Gasteiger partial charge in [0.25, 0.3) is 0 Å². The summed E-state index contributed by atoms with van der Waals surface area (Å²) < 4.78 is 9.71. The summed E-state index contributed by atoms with van der Waals surface area (Å²) in [5.41, 5.74) is 2.08. The summed E-state index contributed by atoms with van der Waals surface area (Å²) in [7, 11) is 1.96. The van der Waals surface area contributed by atoms with Gasteiger partial charge in [-0.1, -0.05) is 5.21 Å². The molecule has 0 radical (unpaired) electrons. The number of aryl methyl sites for hydroxylation is 1. The molecule has 0 saturated carbocycles. The molecule has 0 spiro atoms. The quantitative estimate of drug-likeness (QED) is 0.907. The van der Waals surface area contributed by atoms with Crippen LogP contribution in [0.15, 0.2) is 18.5 Å². The Morgan fingerprint density at radius 3 is 2.87 bits per heavy atom. The molecule has 7 nitrogen and oxygen atoms in total. The normalized spacial score (nSPS) is 21.9. The average Bonchev–Trinajstić information content (AvgIpc) is 3.18. The Morgan fingerprint density at radius 1 is 1.39 bits per heavy atom. The van der Waals surface area contributed by atoms with Gasteiger partial charge in [-0.2, -0.15) is 5.10 Å². The van der Waals surface area contributed by atoms with Gasteiger partial charge in [0.05, 0.1) is 23.1 Å². The predicted molar refractivity (Wildman–Crippen MR) is 86.7 cm³/mol. The van der Waals surface area contributed by atoms with Crippen molar-refractivity contribution in [3.63, 3.8) is 0 Å². The van der Waals surface area contributed by atoms with Crippen LogP contribution in [0, 0.1) is 5.92 Å². The van der Waals surface area contributed by atoms with E-state index in [9.17, 15) is 0 Å². The van der Waals surface area contributed by atoms with Crippen molar-refractivity contribution < 1.29 is 4.74 Å². The van der Waals surface area contributed by atoms with Gasteiger partial charge in [-0.05, 0) is 33.3 Å². The molecule has 23 heavy (non-hydrogen) atoms. The molecular formula is C16H26N6O. The third-order valence-electron chi connectivity index (χ3n) is 4.31. The summed E-state index contributed by atoms with van der Waals surface area (Å²) in [6, 6.07) is 2.04. The van der Waals surface area contributed by atoms with Crippen LogP contribution in [0.1, 0.15) is 44.7 Å². The zero-order valence-corrected chi connectivity index (χ0v) is 14.4. The predicted octanol–water partition coefficient (Wildman–Crippen LogP) is 1.63. The largest absolute Gasteiger partial charge is 0.372 e. The van der Waals surface area contributed by atoms with Crippen LogP contribution >= 0.6 is 0 Å². The fourth-order valence-corrected chi connectivity index (χ4v) is 2.93. The van der Waals surface area contributed by atoms with Gasteiger partial charge in [0.15, 0.2) is 0 Å². The highest BCUT2D eigenvalue weighted by atomic mass is 16.5. The smallest absolute Gasteiger partial charge is 0.103 e. The Morgan fingerprint density at radius 2 is 2.22 bits per heavy atom. The maximum absolute atomic E-state index is 5.91. The molecule has 0 amide bonds. The number of ether oxygens (including phenoxy) is 1. The number of aromatic nitrogens is 5. The van der Waals surface area contributed by atoms with Crippen molar-refractivity contribution in [2.45, 2.75) is 45.4 Å². The molecule has 2 aromatic rings. The lowest BCUT2D eigenvalue weighted by Crippen LogP contribution is -2.25. The van der Waals surface area contributed by atoms with Gasteiger partial charge in [-0.25, -0.2) is 4.68 Å². The maximum atomic E-state index is 5.91. The first-order chi connectivity index (χ1) is 10.9. The Bertz CT molecular complexity index is 641. The SMILES string of the molecule is Cn1nccc1[C@@H]1OCC[C@H]1CNCc1cn(C(C)(C)C)nn1. The standard InChI is InChI=1S/C16H26N6O/c1-16(2,3)22-11-13(19-20-22)10-17-9-12-6-8-23-15(12)14-5-7-18-21(14)4/h5,7,11-12,15,17H,6,8-10H2,1-4H3/t12-,15+/m0/s1. The number of rotatable bonds is 5. The first kappa shape index (κ1) is 16.1. The Hall–Kier alpha value is -1.73. The lowest BCUT2D eigenvalue weighted by atomic mass is 9.99. The maximum Gasteiger partial charge on any atom is 0.103 e. The molecule has 0 unspecified atom stereocenters. The van der Waals surface area contributed by atoms with Crippen molar-refractivity contribution in [3.8, 4) is 0 Å². The molecule has 0 bridgehead atoms. The van der Waals surface area contributed by atoms with E-state index in [1.807, 2.05) is 34.9 Å². The van der Waals surface area contributed by atoms with Gasteiger partial charge in [-0.15, -0.1) is 5.10 Å². The van der Waals surface area contributed by atoms with Crippen molar-refractivity contribution in [2.75, 3.05) is 13.2 Å². The van der Waals surface area contributed by atoms with E-state index in [4.69, 9.17) is 4.74 Å². The molecule has 0 aromatic carbocycles. The van der Waals surface area contributed by atoms with Crippen LogP contribution in [0.4, 0.5) is 0 Å². The third-order valence-corrected chi connectivity index (χ3v) is 4.31. The summed E-state index contributed by atoms with van der Waals surface area (Å²) in [4.78, 5) is 0. The zero-order valence-electron chi connectivity index (χ0n) is 14.4. The lowest BCUT2D eigenvalue weighted by Gasteiger charge is -2.19. The van der Waals surface area contributed by atoms with E-state index in [0.29, 0.717) is 5.92 Å². The van der Waals surface area contributed by atoms with Crippen LogP contribution in [0.2, 0.25) is 0 Å². The second kappa shape index (κ2) is 6.41. The molecule has 126 valence electrons. The molecule has 2 atom stereocenters. The van der Waals surface area contributed by atoms with Gasteiger partial charge in [0, 0.05) is 38.9 Å². The van der Waals surface area contributed by atoms with Crippen molar-refractivity contribution in [1.82, 2.24) is 30.1 Å². The van der Waals surface area contributed by atoms with Gasteiger partial charge in [-0.3, -0.25) is 4.68 Å². The number of hydrogen-bond donors (Lipinski definition) is 1. The molecule has 1 saturated heterocycles. The summed E-state index contributed by atoms with van der Waals surface area (Å²) >= 11 is 0. The highest BCUT2D eigenvalue weighted by molar-refractivity contribution is 5.08. The molecule has 7 heteroatoms. The molecule has 1 N–H and O–H groups in total. The molecule has 1 aliphatic heterocycles. The van der Waals surface area contributed by atoms with Crippen LogP contribution in [0.5, 0.6) is 0 Å². The molecule has 1 aliphatic rings. The lowest BCUT2D eigenvalue weighted by molar-refractivity contribution is 0.0837. The summed E-state index contributed by atoms with van der Waals surface area (Å²) in [5, 5.41) is 16.2. The van der Waals surface area contributed by atoms with E-state index in [-0.39, 0.29) is 11.6 Å². The molecule has 3 heterocycles. The Labute approximate surface area is 137 Å². The summed E-state index contributed by atoms with van der Waals surface area (Å²) in [5.74, 6) is 0.461. The van der Waals surface area contributed by atoms with E-state index < -0.39 is 0 Å². The Balaban J connectivity index is 1.54. The fraction of sp³-hybridized carbons (Fsp3) is 0.688. The number of nitrogens with one attached hydrogen (secondary N) is 1. The van der Waals surface area contributed by atoms with Gasteiger partial charge >= 0.3 is 0 Å². The topological polar surface area (TPSA) is 69.8 Å². The van der Waals surface area contributed by atoms with Crippen LogP contribution in [0.25, 0.3) is 0 Å². The molecule has 1 fully saturated rings. The molecular weight excluding hydrogens is 292 g/mol. The van der Waals surface area contributed by atoms with E-state index >= 15 is 0 Å². The van der Waals surface area contributed by atoms with Gasteiger partial charge < -0.3 is 10.1 Å². The monoisotopic (exact) mass is 318 g/mol. The van der Waals surface area contributed by atoms with Crippen LogP contribution in [-0.4, -0.2) is 37.9 Å². The van der Waals surface area contributed by atoms with Crippen molar-refractivity contribution in [2.24, 2.45) is 13.0 Å². The van der Waals surface area contributed by atoms with Crippen LogP contribution in [-0.2, 0) is 23.9 Å². The van der Waals surface area contributed by atoms with Crippen molar-refractivity contribution in [1.29, 1.82) is 0 Å². The van der Waals surface area contributed by atoms with E-state index in [1.54, 1.807) is 0 Å². The first-order valence-electron chi connectivity index (χ1n) is 8.17. The molecule has 3 rings (SSSR count). The van der Waals surface area contributed by atoms with E-state index in [2.05, 4.69) is 41.5 Å². The van der Waals surface area contributed by atoms with Crippen LogP contribution in [0.3, 0.4) is 0 Å². The fourth-order valence-electron chi connectivity index (χ4n) is 2.93. The second-order valence-electron chi connectivity index (χ2n) is 7.18. The highest BCUT2D eigenvalue weighted by Crippen LogP contribution is 2.33. The molecule has 2 aromatic heterocycles. The average molecular weight is 318 g/mol. The minimum atomic E-state index is -0.0326. The van der Waals surface area contributed by atoms with Gasteiger partial charge in [0.1, 0.15) is 6.10 Å². The third kappa shape index (κ3) is 3.61. The van der Waals surface area contributed by atoms with Crippen molar-refractivity contribution in [3.05, 3.63) is 29.8 Å². The summed E-state index contributed by atoms with van der Waals surface area (Å²) in [6.07, 6.45) is 5.03. The van der Waals surface area contributed by atoms with Crippen molar-refractivity contribution >= 4 is 0 Å². The van der Waals surface area contributed by atoms with Gasteiger partial charge in [0.2, 0.25) is 0 Å². The molecule has 0 aliphatic carbocycles. The first-order valence-corrected chi connectivity index (χ1v) is 8.17. The highest BCUT2D eigenvalue weighted by Gasteiger charge is 2.31. The number of hydrogen-bond acceptors (Lipinski definition) is 5. The number of nitrogens with zero attached hydrogens (tertiary/aromatic N) is 5. The van der Waals surface area contributed by atoms with E-state index in [1.165, 1.54) is 0 Å². The zero-order chi connectivity index (χ0) is 16.4. The van der Waals surface area contributed by atoms with Crippen LogP contribution < -0.4 is 5.32 Å². The second-order valence-corrected chi connectivity index (χ2v) is 7.18. The Kier molecular flexibility index (Phi) is 4.50. The van der Waals surface area contributed by atoms with E-state index in [0.717, 1.165) is 37.5 Å².